The molecule has 19 heavy (non-hydrogen) atoms. The van der Waals surface area contributed by atoms with E-state index < -0.39 is 0 Å². The molecule has 0 bridgehead atoms. The maximum Gasteiger partial charge on any atom is 0.137 e. The lowest BCUT2D eigenvalue weighted by atomic mass is 10.1. The minimum Gasteiger partial charge on any atom is -0.346 e. The van der Waals surface area contributed by atoms with E-state index in [1.807, 2.05) is 29.2 Å². The molecule has 0 aliphatic heterocycles. The predicted octanol–water partition coefficient (Wildman–Crippen LogP) is 3.19. The summed E-state index contributed by atoms with van der Waals surface area (Å²) in [5.74, 6) is 0. The number of nitrogens with zero attached hydrogens (tertiary/aromatic N) is 3. The average Bonchev–Trinajstić information content (AvgIpc) is 3.03. The van der Waals surface area contributed by atoms with E-state index in [4.69, 9.17) is 0 Å². The second kappa shape index (κ2) is 3.68. The maximum atomic E-state index is 4.32. The Morgan fingerprint density at radius 1 is 1.26 bits per heavy atom. The van der Waals surface area contributed by atoms with Crippen LogP contribution in [-0.2, 0) is 0 Å². The van der Waals surface area contributed by atoms with Crippen molar-refractivity contribution in [3.05, 3.63) is 54.6 Å². The molecule has 0 fully saturated rings. The van der Waals surface area contributed by atoms with Crippen molar-refractivity contribution in [2.24, 2.45) is 0 Å². The van der Waals surface area contributed by atoms with Gasteiger partial charge in [-0.05, 0) is 42.3 Å². The van der Waals surface area contributed by atoms with Crippen molar-refractivity contribution in [2.45, 2.75) is 6.92 Å². The van der Waals surface area contributed by atoms with Crippen molar-refractivity contribution < 1.29 is 0 Å². The number of fused-ring (bicyclic) bond motifs is 2. The van der Waals surface area contributed by atoms with Gasteiger partial charge in [0.2, 0.25) is 0 Å². The molecule has 4 nitrogen and oxygen atoms in total. The molecule has 1 N–H and O–H groups in total. The second-order valence-corrected chi connectivity index (χ2v) is 4.67. The molecule has 0 unspecified atom stereocenters. The second-order valence-electron chi connectivity index (χ2n) is 4.67. The van der Waals surface area contributed by atoms with Gasteiger partial charge in [0.1, 0.15) is 5.65 Å². The van der Waals surface area contributed by atoms with Crippen molar-refractivity contribution in [1.82, 2.24) is 19.6 Å². The minimum absolute atomic E-state index is 0.919. The number of H-pyrrole nitrogens is 1. The SMILES string of the molecule is Cc1cnn2ccc(-c3c[nH]c4ncccc34)cc12. The number of aromatic nitrogens is 4. The first kappa shape index (κ1) is 10.3. The molecule has 4 aromatic heterocycles. The summed E-state index contributed by atoms with van der Waals surface area (Å²) in [4.78, 5) is 7.53. The molecule has 0 saturated heterocycles. The Kier molecular flexibility index (Phi) is 2.00. The van der Waals surface area contributed by atoms with E-state index in [0.717, 1.165) is 16.6 Å². The Morgan fingerprint density at radius 3 is 3.16 bits per heavy atom. The fourth-order valence-electron chi connectivity index (χ4n) is 2.47. The highest BCUT2D eigenvalue weighted by Gasteiger charge is 2.08. The summed E-state index contributed by atoms with van der Waals surface area (Å²) in [5, 5.41) is 5.44. The molecule has 0 saturated carbocycles. The zero-order chi connectivity index (χ0) is 12.8. The van der Waals surface area contributed by atoms with Gasteiger partial charge in [0, 0.05) is 29.5 Å². The molecular weight excluding hydrogens is 236 g/mol. The van der Waals surface area contributed by atoms with Crippen molar-refractivity contribution in [3.63, 3.8) is 0 Å². The van der Waals surface area contributed by atoms with Crippen LogP contribution in [0.5, 0.6) is 0 Å². The summed E-state index contributed by atoms with van der Waals surface area (Å²) in [6.07, 6.45) is 7.69. The number of hydrogen-bond donors (Lipinski definition) is 1. The summed E-state index contributed by atoms with van der Waals surface area (Å²) in [5.41, 5.74) is 5.58. The predicted molar refractivity (Wildman–Crippen MR) is 75.0 cm³/mol. The molecule has 4 heterocycles. The molecule has 92 valence electrons. The number of aromatic amines is 1. The highest BCUT2D eigenvalue weighted by Crippen LogP contribution is 2.28. The Labute approximate surface area is 109 Å². The van der Waals surface area contributed by atoms with Crippen LogP contribution in [0.2, 0.25) is 0 Å². The minimum atomic E-state index is 0.919. The average molecular weight is 248 g/mol. The molecule has 0 atom stereocenters. The molecule has 0 amide bonds. The van der Waals surface area contributed by atoms with Gasteiger partial charge in [0.25, 0.3) is 0 Å². The first-order chi connectivity index (χ1) is 9.33. The summed E-state index contributed by atoms with van der Waals surface area (Å²) in [6.45, 7) is 2.07. The maximum absolute atomic E-state index is 4.32. The van der Waals surface area contributed by atoms with Crippen LogP contribution in [0.15, 0.2) is 49.1 Å². The number of hydrogen-bond acceptors (Lipinski definition) is 2. The Morgan fingerprint density at radius 2 is 2.21 bits per heavy atom. The quantitative estimate of drug-likeness (QED) is 0.562. The topological polar surface area (TPSA) is 46.0 Å². The molecule has 4 aromatic rings. The first-order valence-electron chi connectivity index (χ1n) is 6.19. The van der Waals surface area contributed by atoms with E-state index in [1.54, 1.807) is 6.20 Å². The van der Waals surface area contributed by atoms with Gasteiger partial charge in [0.05, 0.1) is 11.7 Å². The molecule has 0 aliphatic carbocycles. The number of rotatable bonds is 1. The van der Waals surface area contributed by atoms with Gasteiger partial charge in [-0.25, -0.2) is 9.50 Å². The summed E-state index contributed by atoms with van der Waals surface area (Å²) >= 11 is 0. The van der Waals surface area contributed by atoms with Gasteiger partial charge in [-0.2, -0.15) is 5.10 Å². The third-order valence-corrected chi connectivity index (χ3v) is 3.48. The molecular formula is C15H12N4. The van der Waals surface area contributed by atoms with Gasteiger partial charge in [-0.3, -0.25) is 0 Å². The van der Waals surface area contributed by atoms with Crippen molar-refractivity contribution in [2.75, 3.05) is 0 Å². The van der Waals surface area contributed by atoms with Crippen LogP contribution in [0.1, 0.15) is 5.56 Å². The van der Waals surface area contributed by atoms with E-state index >= 15 is 0 Å². The van der Waals surface area contributed by atoms with Crippen LogP contribution in [0.25, 0.3) is 27.7 Å². The largest absolute Gasteiger partial charge is 0.346 e. The van der Waals surface area contributed by atoms with E-state index in [-0.39, 0.29) is 0 Å². The van der Waals surface area contributed by atoms with E-state index in [0.29, 0.717) is 0 Å². The van der Waals surface area contributed by atoms with Crippen molar-refractivity contribution in [1.29, 1.82) is 0 Å². The van der Waals surface area contributed by atoms with E-state index in [1.165, 1.54) is 16.7 Å². The molecule has 0 radical (unpaired) electrons. The molecule has 0 spiro atoms. The third-order valence-electron chi connectivity index (χ3n) is 3.48. The molecule has 0 aliphatic rings. The zero-order valence-corrected chi connectivity index (χ0v) is 10.5. The van der Waals surface area contributed by atoms with Crippen LogP contribution in [0, 0.1) is 6.92 Å². The van der Waals surface area contributed by atoms with Gasteiger partial charge >= 0.3 is 0 Å². The van der Waals surface area contributed by atoms with Crippen LogP contribution >= 0.6 is 0 Å². The zero-order valence-electron chi connectivity index (χ0n) is 10.5. The standard InChI is InChI=1S/C15H12N4/c1-10-8-18-19-6-4-11(7-14(10)19)13-9-17-15-12(13)3-2-5-16-15/h2-9H,1H3,(H,16,17). The van der Waals surface area contributed by atoms with E-state index in [9.17, 15) is 0 Å². The Hall–Kier alpha value is -2.62. The normalized spacial score (nSPS) is 11.4. The fourth-order valence-corrected chi connectivity index (χ4v) is 2.47. The lowest BCUT2D eigenvalue weighted by Crippen LogP contribution is -1.86. The lowest BCUT2D eigenvalue weighted by molar-refractivity contribution is 0.962. The number of nitrogens with one attached hydrogen (secondary N) is 1. The summed E-state index contributed by atoms with van der Waals surface area (Å²) in [6, 6.07) is 8.29. The fraction of sp³-hybridized carbons (Fsp3) is 0.0667. The Balaban J connectivity index is 2.01. The number of pyridine rings is 2. The number of aryl methyl sites for hydroxylation is 1. The smallest absolute Gasteiger partial charge is 0.137 e. The first-order valence-corrected chi connectivity index (χ1v) is 6.19. The van der Waals surface area contributed by atoms with Gasteiger partial charge < -0.3 is 4.98 Å². The Bertz CT molecular complexity index is 885. The van der Waals surface area contributed by atoms with Gasteiger partial charge in [-0.15, -0.1) is 0 Å². The van der Waals surface area contributed by atoms with Gasteiger partial charge in [0.15, 0.2) is 0 Å². The van der Waals surface area contributed by atoms with Crippen LogP contribution in [-0.4, -0.2) is 19.6 Å². The van der Waals surface area contributed by atoms with Crippen LogP contribution in [0.3, 0.4) is 0 Å². The molecule has 4 rings (SSSR count). The highest BCUT2D eigenvalue weighted by molar-refractivity contribution is 5.94. The van der Waals surface area contributed by atoms with Crippen molar-refractivity contribution in [3.8, 4) is 11.1 Å². The van der Waals surface area contributed by atoms with Crippen molar-refractivity contribution >= 4 is 16.6 Å². The molecule has 4 heteroatoms. The van der Waals surface area contributed by atoms with E-state index in [2.05, 4.69) is 40.2 Å². The van der Waals surface area contributed by atoms with Gasteiger partial charge in [-0.1, -0.05) is 0 Å². The monoisotopic (exact) mass is 248 g/mol. The molecule has 0 aromatic carbocycles. The van der Waals surface area contributed by atoms with Crippen LogP contribution in [0.4, 0.5) is 0 Å². The van der Waals surface area contributed by atoms with Crippen LogP contribution < -0.4 is 0 Å². The lowest BCUT2D eigenvalue weighted by Gasteiger charge is -2.01. The summed E-state index contributed by atoms with van der Waals surface area (Å²) < 4.78 is 1.89. The summed E-state index contributed by atoms with van der Waals surface area (Å²) in [7, 11) is 0. The third kappa shape index (κ3) is 1.46. The highest BCUT2D eigenvalue weighted by atomic mass is 15.2.